The van der Waals surface area contributed by atoms with Gasteiger partial charge in [-0.3, -0.25) is 9.69 Å². The van der Waals surface area contributed by atoms with Crippen LogP contribution in [0.4, 0.5) is 0 Å². The molecular weight excluding hydrogens is 304 g/mol. The predicted molar refractivity (Wildman–Crippen MR) is 94.6 cm³/mol. The summed E-state index contributed by atoms with van der Waals surface area (Å²) in [5.41, 5.74) is 1.02. The Hall–Kier alpha value is -1.43. The van der Waals surface area contributed by atoms with Crippen LogP contribution in [-0.4, -0.2) is 60.9 Å². The fraction of sp³-hybridized carbons (Fsp3) is 0.632. The molecule has 5 nitrogen and oxygen atoms in total. The lowest BCUT2D eigenvalue weighted by Gasteiger charge is -2.39. The van der Waals surface area contributed by atoms with Gasteiger partial charge in [0.15, 0.2) is 6.29 Å². The van der Waals surface area contributed by atoms with E-state index in [1.807, 2.05) is 37.4 Å². The molecule has 2 rings (SSSR count). The summed E-state index contributed by atoms with van der Waals surface area (Å²) in [7, 11) is 1.82. The van der Waals surface area contributed by atoms with Crippen molar-refractivity contribution >= 4 is 5.91 Å². The first-order valence-electron chi connectivity index (χ1n) is 8.72. The van der Waals surface area contributed by atoms with Crippen molar-refractivity contribution in [3.05, 3.63) is 35.9 Å². The number of hydrogen-bond acceptors (Lipinski definition) is 4. The van der Waals surface area contributed by atoms with Crippen LogP contribution in [0.25, 0.3) is 0 Å². The van der Waals surface area contributed by atoms with E-state index in [2.05, 4.69) is 32.6 Å². The van der Waals surface area contributed by atoms with Gasteiger partial charge in [-0.25, -0.2) is 0 Å². The molecule has 1 unspecified atom stereocenters. The van der Waals surface area contributed by atoms with E-state index < -0.39 is 0 Å². The van der Waals surface area contributed by atoms with Crippen molar-refractivity contribution in [3.63, 3.8) is 0 Å². The molecule has 1 atom stereocenters. The van der Waals surface area contributed by atoms with Crippen molar-refractivity contribution in [2.45, 2.75) is 52.1 Å². The Morgan fingerprint density at radius 3 is 2.12 bits per heavy atom. The molecule has 1 amide bonds. The lowest BCUT2D eigenvalue weighted by atomic mass is 10.0. The smallest absolute Gasteiger partial charge is 0.244 e. The molecule has 1 heterocycles. The quantitative estimate of drug-likeness (QED) is 0.769. The summed E-state index contributed by atoms with van der Waals surface area (Å²) in [6.45, 7) is 10.2. The number of ether oxygens (including phenoxy) is 2. The van der Waals surface area contributed by atoms with Gasteiger partial charge in [-0.1, -0.05) is 30.3 Å². The van der Waals surface area contributed by atoms with E-state index in [0.29, 0.717) is 19.8 Å². The summed E-state index contributed by atoms with van der Waals surface area (Å²) in [6, 6.07) is 10.2. The lowest BCUT2D eigenvalue weighted by Crippen LogP contribution is -2.48. The van der Waals surface area contributed by atoms with Crippen LogP contribution in [0, 0.1) is 0 Å². The van der Waals surface area contributed by atoms with E-state index >= 15 is 0 Å². The number of likely N-dealkylation sites (N-methyl/N-ethyl adjacent to an activating group) is 1. The zero-order valence-electron chi connectivity index (χ0n) is 15.4. The maximum Gasteiger partial charge on any atom is 0.244 e. The second-order valence-corrected chi connectivity index (χ2v) is 6.84. The van der Waals surface area contributed by atoms with E-state index in [1.165, 1.54) is 0 Å². The first kappa shape index (κ1) is 18.9. The number of rotatable bonds is 7. The van der Waals surface area contributed by atoms with Gasteiger partial charge in [-0.2, -0.15) is 0 Å². The van der Waals surface area contributed by atoms with Gasteiger partial charge in [0, 0.05) is 19.1 Å². The Morgan fingerprint density at radius 2 is 1.62 bits per heavy atom. The zero-order valence-corrected chi connectivity index (χ0v) is 15.4. The topological polar surface area (TPSA) is 42.0 Å². The van der Waals surface area contributed by atoms with Gasteiger partial charge in [-0.05, 0) is 33.3 Å². The maximum atomic E-state index is 13.3. The Kier molecular flexibility index (Phi) is 6.78. The molecule has 0 saturated carbocycles. The summed E-state index contributed by atoms with van der Waals surface area (Å²) >= 11 is 0. The molecule has 1 aliphatic heterocycles. The number of hydrogen-bond donors (Lipinski definition) is 0. The van der Waals surface area contributed by atoms with Gasteiger partial charge >= 0.3 is 0 Å². The van der Waals surface area contributed by atoms with Gasteiger partial charge in [0.2, 0.25) is 5.91 Å². The van der Waals surface area contributed by atoms with Gasteiger partial charge in [0.05, 0.1) is 19.8 Å². The van der Waals surface area contributed by atoms with Crippen LogP contribution in [-0.2, 0) is 14.3 Å². The SMILES string of the molecule is CC(C)N(C(C)C)C(C(=O)N(C)CC1OCCO1)c1ccccc1. The summed E-state index contributed by atoms with van der Waals surface area (Å²) in [4.78, 5) is 17.2. The Balaban J connectivity index is 2.25. The fourth-order valence-electron chi connectivity index (χ4n) is 3.31. The summed E-state index contributed by atoms with van der Waals surface area (Å²) in [5, 5.41) is 0. The number of carbonyl (C=O) groups excluding carboxylic acids is 1. The first-order valence-corrected chi connectivity index (χ1v) is 8.72. The highest BCUT2D eigenvalue weighted by Gasteiger charge is 2.34. The van der Waals surface area contributed by atoms with Gasteiger partial charge < -0.3 is 14.4 Å². The van der Waals surface area contributed by atoms with E-state index in [9.17, 15) is 4.79 Å². The standard InChI is InChI=1S/C19H30N2O3/c1-14(2)21(15(3)4)18(16-9-7-6-8-10-16)19(22)20(5)13-17-23-11-12-24-17/h6-10,14-15,17-18H,11-13H2,1-5H3. The molecule has 5 heteroatoms. The normalized spacial score (nSPS) is 17.0. The second kappa shape index (κ2) is 8.60. The summed E-state index contributed by atoms with van der Waals surface area (Å²) in [6.07, 6.45) is -0.318. The van der Waals surface area contributed by atoms with Gasteiger partial charge in [0.25, 0.3) is 0 Å². The molecule has 24 heavy (non-hydrogen) atoms. The van der Waals surface area contributed by atoms with Crippen molar-refractivity contribution in [2.24, 2.45) is 0 Å². The van der Waals surface area contributed by atoms with Crippen LogP contribution in [0.15, 0.2) is 30.3 Å². The number of amides is 1. The molecule has 1 fully saturated rings. The minimum Gasteiger partial charge on any atom is -0.348 e. The molecule has 0 N–H and O–H groups in total. The average molecular weight is 334 g/mol. The highest BCUT2D eigenvalue weighted by molar-refractivity contribution is 5.83. The van der Waals surface area contributed by atoms with Crippen LogP contribution in [0.5, 0.6) is 0 Å². The third-order valence-corrected chi connectivity index (χ3v) is 4.33. The average Bonchev–Trinajstić information content (AvgIpc) is 3.04. The summed E-state index contributed by atoms with van der Waals surface area (Å²) < 4.78 is 11.0. The van der Waals surface area contributed by atoms with Gasteiger partial charge in [0.1, 0.15) is 6.04 Å². The third kappa shape index (κ3) is 4.56. The van der Waals surface area contributed by atoms with E-state index in [1.54, 1.807) is 4.90 Å². The maximum absolute atomic E-state index is 13.3. The van der Waals surface area contributed by atoms with Crippen LogP contribution < -0.4 is 0 Å². The van der Waals surface area contributed by atoms with E-state index in [-0.39, 0.29) is 30.3 Å². The monoisotopic (exact) mass is 334 g/mol. The van der Waals surface area contributed by atoms with Crippen LogP contribution in [0.1, 0.15) is 39.3 Å². The third-order valence-electron chi connectivity index (χ3n) is 4.33. The number of carbonyl (C=O) groups is 1. The van der Waals surface area contributed by atoms with Crippen molar-refractivity contribution in [1.29, 1.82) is 0 Å². The Morgan fingerprint density at radius 1 is 1.08 bits per heavy atom. The van der Waals surface area contributed by atoms with Crippen LogP contribution in [0.2, 0.25) is 0 Å². The Bertz CT molecular complexity index is 505. The summed E-state index contributed by atoms with van der Waals surface area (Å²) in [5.74, 6) is 0.0719. The molecule has 0 spiro atoms. The molecule has 1 aromatic rings. The van der Waals surface area contributed by atoms with Crippen LogP contribution in [0.3, 0.4) is 0 Å². The molecule has 134 valence electrons. The minimum absolute atomic E-state index is 0.0719. The molecule has 1 aromatic carbocycles. The largest absolute Gasteiger partial charge is 0.348 e. The first-order chi connectivity index (χ1) is 11.4. The van der Waals surface area contributed by atoms with Crippen LogP contribution >= 0.6 is 0 Å². The van der Waals surface area contributed by atoms with Crippen molar-refractivity contribution < 1.29 is 14.3 Å². The molecule has 0 aromatic heterocycles. The molecule has 1 aliphatic rings. The van der Waals surface area contributed by atoms with E-state index in [0.717, 1.165) is 5.56 Å². The van der Waals surface area contributed by atoms with Gasteiger partial charge in [-0.15, -0.1) is 0 Å². The van der Waals surface area contributed by atoms with Crippen molar-refractivity contribution in [3.8, 4) is 0 Å². The molecule has 0 bridgehead atoms. The molecule has 1 saturated heterocycles. The molecular formula is C19H30N2O3. The predicted octanol–water partition coefficient (Wildman–Crippen LogP) is 2.68. The van der Waals surface area contributed by atoms with E-state index in [4.69, 9.17) is 9.47 Å². The Labute approximate surface area is 145 Å². The highest BCUT2D eigenvalue weighted by atomic mass is 16.7. The van der Waals surface area contributed by atoms with Crippen molar-refractivity contribution in [1.82, 2.24) is 9.80 Å². The highest BCUT2D eigenvalue weighted by Crippen LogP contribution is 2.27. The second-order valence-electron chi connectivity index (χ2n) is 6.84. The zero-order chi connectivity index (χ0) is 17.7. The van der Waals surface area contributed by atoms with Crippen molar-refractivity contribution in [2.75, 3.05) is 26.8 Å². The number of benzene rings is 1. The fourth-order valence-corrected chi connectivity index (χ4v) is 3.31. The molecule has 0 radical (unpaired) electrons. The number of nitrogens with zero attached hydrogens (tertiary/aromatic N) is 2. The lowest BCUT2D eigenvalue weighted by molar-refractivity contribution is -0.143. The molecule has 0 aliphatic carbocycles. The minimum atomic E-state index is -0.318.